The summed E-state index contributed by atoms with van der Waals surface area (Å²) < 4.78 is 10.5. The highest BCUT2D eigenvalue weighted by atomic mass is 16.5. The van der Waals surface area contributed by atoms with Crippen molar-refractivity contribution in [2.24, 2.45) is 5.92 Å². The molecule has 1 N–H and O–H groups in total. The molecule has 0 atom stereocenters. The second kappa shape index (κ2) is 10.1. The van der Waals surface area contributed by atoms with Gasteiger partial charge in [0.05, 0.1) is 12.2 Å². The highest BCUT2D eigenvalue weighted by Crippen LogP contribution is 2.25. The van der Waals surface area contributed by atoms with Crippen molar-refractivity contribution < 1.29 is 24.2 Å². The molecule has 0 unspecified atom stereocenters. The van der Waals surface area contributed by atoms with Crippen molar-refractivity contribution in [2.45, 2.75) is 19.3 Å². The predicted molar refractivity (Wildman–Crippen MR) is 110 cm³/mol. The lowest BCUT2D eigenvalue weighted by Crippen LogP contribution is -2.39. The number of hydrogen-bond acceptors (Lipinski definition) is 4. The van der Waals surface area contributed by atoms with Gasteiger partial charge in [0.25, 0.3) is 5.91 Å². The van der Waals surface area contributed by atoms with Gasteiger partial charge in [-0.3, -0.25) is 4.79 Å². The molecule has 1 amide bonds. The molecule has 0 aromatic heterocycles. The number of carboxylic acid groups (broad SMARTS) is 1. The lowest BCUT2D eigenvalue weighted by atomic mass is 9.88. The number of ether oxygens (including phenoxy) is 2. The number of likely N-dealkylation sites (tertiary alicyclic amines) is 1. The Kier molecular flexibility index (Phi) is 7.25. The van der Waals surface area contributed by atoms with Crippen LogP contribution in [0.4, 0.5) is 0 Å². The summed E-state index contributed by atoms with van der Waals surface area (Å²) in [5.41, 5.74) is 1.89. The Labute approximate surface area is 171 Å². The van der Waals surface area contributed by atoms with Crippen LogP contribution in [-0.2, 0) is 11.2 Å². The summed E-state index contributed by atoms with van der Waals surface area (Å²) in [6, 6.07) is 14.4. The first-order valence-electron chi connectivity index (χ1n) is 9.90. The Morgan fingerprint density at radius 3 is 2.38 bits per heavy atom. The van der Waals surface area contributed by atoms with Crippen LogP contribution >= 0.6 is 0 Å². The summed E-state index contributed by atoms with van der Waals surface area (Å²) in [7, 11) is 1.62. The number of nitrogens with zero attached hydrogens (tertiary/aromatic N) is 1. The number of carboxylic acids is 1. The van der Waals surface area contributed by atoms with Crippen LogP contribution < -0.4 is 4.74 Å². The van der Waals surface area contributed by atoms with Gasteiger partial charge in [-0.05, 0) is 61.1 Å². The van der Waals surface area contributed by atoms with Crippen LogP contribution in [0, 0.1) is 5.92 Å². The van der Waals surface area contributed by atoms with Crippen molar-refractivity contribution in [3.05, 3.63) is 65.2 Å². The van der Waals surface area contributed by atoms with E-state index in [1.54, 1.807) is 43.5 Å². The minimum Gasteiger partial charge on any atom is -0.491 e. The van der Waals surface area contributed by atoms with Crippen molar-refractivity contribution >= 4 is 11.9 Å². The van der Waals surface area contributed by atoms with E-state index in [-0.39, 0.29) is 5.91 Å². The minimum absolute atomic E-state index is 0.0258. The van der Waals surface area contributed by atoms with Crippen LogP contribution in [0.25, 0.3) is 0 Å². The molecule has 1 saturated heterocycles. The van der Waals surface area contributed by atoms with E-state index in [0.717, 1.165) is 30.6 Å². The number of rotatable bonds is 8. The van der Waals surface area contributed by atoms with Crippen LogP contribution in [0.5, 0.6) is 5.75 Å². The number of piperidine rings is 1. The zero-order valence-corrected chi connectivity index (χ0v) is 16.7. The molecule has 154 valence electrons. The molecule has 1 fully saturated rings. The molecule has 29 heavy (non-hydrogen) atoms. The molecule has 1 heterocycles. The molecule has 0 bridgehead atoms. The Balaban J connectivity index is 1.52. The molecule has 2 aromatic carbocycles. The fraction of sp³-hybridized carbons (Fsp3) is 0.391. The third-order valence-corrected chi connectivity index (χ3v) is 5.32. The van der Waals surface area contributed by atoms with Gasteiger partial charge in [-0.15, -0.1) is 0 Å². The van der Waals surface area contributed by atoms with Gasteiger partial charge < -0.3 is 19.5 Å². The molecule has 2 aromatic rings. The molecular weight excluding hydrogens is 370 g/mol. The highest BCUT2D eigenvalue weighted by molar-refractivity contribution is 5.94. The fourth-order valence-corrected chi connectivity index (χ4v) is 3.68. The normalized spacial score (nSPS) is 14.6. The van der Waals surface area contributed by atoms with Gasteiger partial charge in [-0.1, -0.05) is 18.2 Å². The summed E-state index contributed by atoms with van der Waals surface area (Å²) in [4.78, 5) is 26.0. The first-order chi connectivity index (χ1) is 14.1. The lowest BCUT2D eigenvalue weighted by Gasteiger charge is -2.32. The first kappa shape index (κ1) is 20.9. The molecule has 6 heteroatoms. The number of aromatic carboxylic acids is 1. The third-order valence-electron chi connectivity index (χ3n) is 5.32. The lowest BCUT2D eigenvalue weighted by molar-refractivity contribution is 0.0690. The molecule has 6 nitrogen and oxygen atoms in total. The molecule has 1 aliphatic rings. The standard InChI is InChI=1S/C23H27NO5/c1-28-14-15-29-20-8-6-18(7-9-20)22(25)24-12-10-17(11-13-24)16-19-4-2-3-5-21(19)23(26)27/h2-9,17H,10-16H2,1H3,(H,26,27). The van der Waals surface area contributed by atoms with E-state index in [4.69, 9.17) is 9.47 Å². The number of carbonyl (C=O) groups excluding carboxylic acids is 1. The van der Waals surface area contributed by atoms with E-state index in [1.807, 2.05) is 17.0 Å². The summed E-state index contributed by atoms with van der Waals surface area (Å²) in [5, 5.41) is 9.35. The molecular formula is C23H27NO5. The molecule has 3 rings (SSSR count). The van der Waals surface area contributed by atoms with E-state index in [0.29, 0.717) is 43.3 Å². The number of hydrogen-bond donors (Lipinski definition) is 1. The van der Waals surface area contributed by atoms with Gasteiger partial charge in [-0.2, -0.15) is 0 Å². The van der Waals surface area contributed by atoms with Crippen LogP contribution in [0.1, 0.15) is 39.1 Å². The van der Waals surface area contributed by atoms with E-state index in [9.17, 15) is 14.7 Å². The molecule has 0 spiro atoms. The van der Waals surface area contributed by atoms with Gasteiger partial charge in [0.2, 0.25) is 0 Å². The van der Waals surface area contributed by atoms with E-state index in [1.165, 1.54) is 0 Å². The zero-order chi connectivity index (χ0) is 20.6. The van der Waals surface area contributed by atoms with Crippen LogP contribution in [-0.4, -0.2) is 55.3 Å². The zero-order valence-electron chi connectivity index (χ0n) is 16.7. The average Bonchev–Trinajstić information content (AvgIpc) is 2.75. The van der Waals surface area contributed by atoms with Gasteiger partial charge in [-0.25, -0.2) is 4.79 Å². The fourth-order valence-electron chi connectivity index (χ4n) is 3.68. The summed E-state index contributed by atoms with van der Waals surface area (Å²) in [6.45, 7) is 2.37. The SMILES string of the molecule is COCCOc1ccc(C(=O)N2CCC(Cc3ccccc3C(=O)O)CC2)cc1. The van der Waals surface area contributed by atoms with Crippen molar-refractivity contribution in [3.63, 3.8) is 0 Å². The van der Waals surface area contributed by atoms with Crippen molar-refractivity contribution in [1.82, 2.24) is 4.90 Å². The second-order valence-corrected chi connectivity index (χ2v) is 7.27. The maximum absolute atomic E-state index is 12.8. The van der Waals surface area contributed by atoms with Gasteiger partial charge in [0, 0.05) is 25.8 Å². The van der Waals surface area contributed by atoms with Gasteiger partial charge in [0.1, 0.15) is 12.4 Å². The monoisotopic (exact) mass is 397 g/mol. The van der Waals surface area contributed by atoms with Gasteiger partial charge in [0.15, 0.2) is 0 Å². The first-order valence-corrected chi connectivity index (χ1v) is 9.90. The molecule has 1 aliphatic heterocycles. The summed E-state index contributed by atoms with van der Waals surface area (Å²) >= 11 is 0. The van der Waals surface area contributed by atoms with Crippen molar-refractivity contribution in [3.8, 4) is 5.75 Å². The summed E-state index contributed by atoms with van der Waals surface area (Å²) in [6.07, 6.45) is 2.48. The quantitative estimate of drug-likeness (QED) is 0.690. The average molecular weight is 397 g/mol. The largest absolute Gasteiger partial charge is 0.491 e. The highest BCUT2D eigenvalue weighted by Gasteiger charge is 2.25. The number of amides is 1. The van der Waals surface area contributed by atoms with E-state index >= 15 is 0 Å². The second-order valence-electron chi connectivity index (χ2n) is 7.27. The van der Waals surface area contributed by atoms with Crippen molar-refractivity contribution in [1.29, 1.82) is 0 Å². The van der Waals surface area contributed by atoms with Crippen LogP contribution in [0.2, 0.25) is 0 Å². The van der Waals surface area contributed by atoms with Crippen LogP contribution in [0.3, 0.4) is 0 Å². The van der Waals surface area contributed by atoms with E-state index in [2.05, 4.69) is 0 Å². The maximum atomic E-state index is 12.8. The predicted octanol–water partition coefficient (Wildman–Crippen LogP) is 3.50. The molecule has 0 aliphatic carbocycles. The minimum atomic E-state index is -0.886. The number of benzene rings is 2. The van der Waals surface area contributed by atoms with Gasteiger partial charge >= 0.3 is 5.97 Å². The number of methoxy groups -OCH3 is 1. The van der Waals surface area contributed by atoms with Crippen LogP contribution in [0.15, 0.2) is 48.5 Å². The Morgan fingerprint density at radius 2 is 1.72 bits per heavy atom. The topological polar surface area (TPSA) is 76.1 Å². The summed E-state index contributed by atoms with van der Waals surface area (Å²) in [5.74, 6) is 0.242. The smallest absolute Gasteiger partial charge is 0.335 e. The Hall–Kier alpha value is -2.86. The molecule has 0 radical (unpaired) electrons. The Bertz CT molecular complexity index is 825. The number of carbonyl (C=O) groups is 2. The Morgan fingerprint density at radius 1 is 1.03 bits per heavy atom. The molecule has 0 saturated carbocycles. The maximum Gasteiger partial charge on any atom is 0.335 e. The van der Waals surface area contributed by atoms with Crippen molar-refractivity contribution in [2.75, 3.05) is 33.4 Å². The third kappa shape index (κ3) is 5.57. The van der Waals surface area contributed by atoms with E-state index < -0.39 is 5.97 Å².